The number of carbonyl (C=O) groups is 1. The molecule has 1 N–H and O–H groups in total. The van der Waals surface area contributed by atoms with E-state index in [1.54, 1.807) is 34.6 Å². The predicted molar refractivity (Wildman–Crippen MR) is 87.4 cm³/mol. The van der Waals surface area contributed by atoms with Gasteiger partial charge in [0.1, 0.15) is 0 Å². The number of rotatable bonds is 8. The normalized spacial score (nSPS) is 13.4. The van der Waals surface area contributed by atoms with E-state index in [9.17, 15) is 14.5 Å². The Morgan fingerprint density at radius 3 is 1.96 bits per heavy atom. The zero-order valence-electron chi connectivity index (χ0n) is 14.2. The second-order valence-corrected chi connectivity index (χ2v) is 7.55. The molecule has 0 fully saturated rings. The Morgan fingerprint density at radius 1 is 1.09 bits per heavy atom. The number of benzene rings is 1. The summed E-state index contributed by atoms with van der Waals surface area (Å²) in [5.41, 5.74) is 0.704. The van der Waals surface area contributed by atoms with E-state index in [1.807, 2.05) is 0 Å². The Bertz CT molecular complexity index is 538. The van der Waals surface area contributed by atoms with Crippen molar-refractivity contribution in [1.82, 2.24) is 0 Å². The number of hydrogen-bond donors (Lipinski definition) is 1. The minimum absolute atomic E-state index is 0.281. The fourth-order valence-electron chi connectivity index (χ4n) is 1.92. The van der Waals surface area contributed by atoms with Gasteiger partial charge in [-0.1, -0.05) is 12.1 Å². The molecule has 1 atom stereocenters. The second-order valence-electron chi connectivity index (χ2n) is 5.56. The molecule has 0 aliphatic rings. The third kappa shape index (κ3) is 5.74. The molecule has 6 nitrogen and oxygen atoms in total. The van der Waals surface area contributed by atoms with Gasteiger partial charge >= 0.3 is 13.6 Å². The van der Waals surface area contributed by atoms with Crippen molar-refractivity contribution in [2.75, 3.05) is 6.61 Å². The summed E-state index contributed by atoms with van der Waals surface area (Å²) in [5.74, 6) is -1.88. The van der Waals surface area contributed by atoms with Gasteiger partial charge in [0, 0.05) is 0 Å². The molecule has 23 heavy (non-hydrogen) atoms. The highest BCUT2D eigenvalue weighted by molar-refractivity contribution is 7.54. The Kier molecular flexibility index (Phi) is 7.42. The summed E-state index contributed by atoms with van der Waals surface area (Å²) in [6.45, 7) is 8.86. The van der Waals surface area contributed by atoms with E-state index in [0.717, 1.165) is 0 Å². The molecule has 0 amide bonds. The largest absolute Gasteiger partial charge is 0.462 e. The summed E-state index contributed by atoms with van der Waals surface area (Å²) in [5, 5.41) is 10.4. The number of hydrogen-bond acceptors (Lipinski definition) is 6. The fraction of sp³-hybridized carbons (Fsp3) is 0.562. The standard InChI is InChI=1S/C16H25O6P/c1-6-20-15(17)13-7-9-14(10-8-13)16(18)23(19,21-11(2)3)22-12(4)5/h7-12,16,18H,6H2,1-5H3. The van der Waals surface area contributed by atoms with Crippen LogP contribution in [-0.4, -0.2) is 29.9 Å². The van der Waals surface area contributed by atoms with Crippen molar-refractivity contribution >= 4 is 13.6 Å². The molecule has 1 aromatic carbocycles. The van der Waals surface area contributed by atoms with Crippen molar-refractivity contribution in [3.05, 3.63) is 35.4 Å². The number of ether oxygens (including phenoxy) is 1. The maximum absolute atomic E-state index is 12.9. The minimum Gasteiger partial charge on any atom is -0.462 e. The van der Waals surface area contributed by atoms with Crippen molar-refractivity contribution in [3.63, 3.8) is 0 Å². The van der Waals surface area contributed by atoms with Gasteiger partial charge in [0.2, 0.25) is 0 Å². The first kappa shape index (κ1) is 19.8. The molecule has 1 unspecified atom stereocenters. The van der Waals surface area contributed by atoms with Gasteiger partial charge in [-0.2, -0.15) is 0 Å². The van der Waals surface area contributed by atoms with Crippen LogP contribution >= 0.6 is 7.60 Å². The monoisotopic (exact) mass is 344 g/mol. The Morgan fingerprint density at radius 2 is 1.57 bits per heavy atom. The lowest BCUT2D eigenvalue weighted by atomic mass is 10.1. The van der Waals surface area contributed by atoms with E-state index in [2.05, 4.69) is 0 Å². The van der Waals surface area contributed by atoms with E-state index in [4.69, 9.17) is 13.8 Å². The van der Waals surface area contributed by atoms with E-state index >= 15 is 0 Å². The molecule has 0 bridgehead atoms. The molecule has 0 spiro atoms. The van der Waals surface area contributed by atoms with Gasteiger partial charge in [-0.3, -0.25) is 4.57 Å². The lowest BCUT2D eigenvalue weighted by Gasteiger charge is -2.27. The SMILES string of the molecule is CCOC(=O)c1ccc(C(O)P(=O)(OC(C)C)OC(C)C)cc1. The summed E-state index contributed by atoms with van der Waals surface area (Å²) in [6, 6.07) is 6.03. The highest BCUT2D eigenvalue weighted by atomic mass is 31.2. The molecule has 7 heteroatoms. The van der Waals surface area contributed by atoms with Gasteiger partial charge in [0.05, 0.1) is 24.4 Å². The van der Waals surface area contributed by atoms with Crippen LogP contribution in [0.4, 0.5) is 0 Å². The van der Waals surface area contributed by atoms with Crippen molar-refractivity contribution in [3.8, 4) is 0 Å². The maximum atomic E-state index is 12.9. The number of aliphatic hydroxyl groups excluding tert-OH is 1. The first-order valence-electron chi connectivity index (χ1n) is 7.61. The van der Waals surface area contributed by atoms with Crippen LogP contribution in [0, 0.1) is 0 Å². The molecular weight excluding hydrogens is 319 g/mol. The number of esters is 1. The van der Waals surface area contributed by atoms with Gasteiger partial charge in [-0.15, -0.1) is 0 Å². The smallest absolute Gasteiger partial charge is 0.363 e. The highest BCUT2D eigenvalue weighted by Gasteiger charge is 2.38. The molecule has 0 aliphatic heterocycles. The van der Waals surface area contributed by atoms with Gasteiger partial charge in [-0.05, 0) is 52.3 Å². The van der Waals surface area contributed by atoms with Crippen LogP contribution in [0.3, 0.4) is 0 Å². The quantitative estimate of drug-likeness (QED) is 0.569. The van der Waals surface area contributed by atoms with Crippen molar-refractivity contribution in [1.29, 1.82) is 0 Å². The van der Waals surface area contributed by atoms with Crippen LogP contribution in [0.1, 0.15) is 56.4 Å². The molecule has 0 radical (unpaired) electrons. The molecule has 0 aliphatic carbocycles. The molecule has 1 aromatic rings. The molecule has 0 saturated carbocycles. The third-order valence-corrected chi connectivity index (χ3v) is 5.06. The fourth-order valence-corrected chi connectivity index (χ4v) is 3.91. The zero-order chi connectivity index (χ0) is 17.6. The van der Waals surface area contributed by atoms with E-state index in [-0.39, 0.29) is 18.8 Å². The molecule has 0 heterocycles. The topological polar surface area (TPSA) is 82.1 Å². The van der Waals surface area contributed by atoms with Crippen molar-refractivity contribution < 1.29 is 28.3 Å². The van der Waals surface area contributed by atoms with Crippen molar-refractivity contribution in [2.24, 2.45) is 0 Å². The average molecular weight is 344 g/mol. The maximum Gasteiger partial charge on any atom is 0.363 e. The minimum atomic E-state index is -3.76. The number of carbonyl (C=O) groups excluding carboxylic acids is 1. The summed E-state index contributed by atoms with van der Waals surface area (Å²) in [6.07, 6.45) is -0.735. The summed E-state index contributed by atoms with van der Waals surface area (Å²) in [4.78, 5) is 11.6. The molecular formula is C16H25O6P. The molecule has 1 rings (SSSR count). The summed E-state index contributed by atoms with van der Waals surface area (Å²) >= 11 is 0. The van der Waals surface area contributed by atoms with Crippen LogP contribution in [-0.2, 0) is 18.3 Å². The van der Waals surface area contributed by atoms with Crippen molar-refractivity contribution in [2.45, 2.75) is 52.7 Å². The average Bonchev–Trinajstić information content (AvgIpc) is 2.45. The first-order valence-corrected chi connectivity index (χ1v) is 9.22. The summed E-state index contributed by atoms with van der Waals surface area (Å²) in [7, 11) is -3.76. The van der Waals surface area contributed by atoms with E-state index < -0.39 is 19.4 Å². The number of aliphatic hydroxyl groups is 1. The summed E-state index contributed by atoms with van der Waals surface area (Å²) < 4.78 is 28.5. The van der Waals surface area contributed by atoms with Crippen LogP contribution in [0.5, 0.6) is 0 Å². The lowest BCUT2D eigenvalue weighted by Crippen LogP contribution is -2.13. The van der Waals surface area contributed by atoms with E-state index in [1.165, 1.54) is 24.3 Å². The van der Waals surface area contributed by atoms with Gasteiger partial charge in [0.15, 0.2) is 5.85 Å². The van der Waals surface area contributed by atoms with Crippen LogP contribution < -0.4 is 0 Å². The Labute approximate surface area is 137 Å². The molecule has 0 aromatic heterocycles. The second kappa shape index (κ2) is 8.60. The highest BCUT2D eigenvalue weighted by Crippen LogP contribution is 2.61. The van der Waals surface area contributed by atoms with Crippen LogP contribution in [0.15, 0.2) is 24.3 Å². The lowest BCUT2D eigenvalue weighted by molar-refractivity contribution is 0.0526. The zero-order valence-corrected chi connectivity index (χ0v) is 15.1. The van der Waals surface area contributed by atoms with Gasteiger partial charge in [-0.25, -0.2) is 4.79 Å². The first-order chi connectivity index (χ1) is 10.7. The van der Waals surface area contributed by atoms with E-state index in [0.29, 0.717) is 11.1 Å². The Balaban J connectivity index is 3.02. The van der Waals surface area contributed by atoms with Crippen LogP contribution in [0.25, 0.3) is 0 Å². The molecule has 0 saturated heterocycles. The van der Waals surface area contributed by atoms with Gasteiger partial charge in [0.25, 0.3) is 0 Å². The molecule has 130 valence electrons. The Hall–Kier alpha value is -1.20. The third-order valence-electron chi connectivity index (χ3n) is 2.73. The predicted octanol–water partition coefficient (Wildman–Crippen LogP) is 3.90. The van der Waals surface area contributed by atoms with Gasteiger partial charge < -0.3 is 18.9 Å². The van der Waals surface area contributed by atoms with Crippen LogP contribution in [0.2, 0.25) is 0 Å².